The summed E-state index contributed by atoms with van der Waals surface area (Å²) in [6, 6.07) is 5.97. The van der Waals surface area contributed by atoms with Crippen molar-refractivity contribution in [2.24, 2.45) is 7.05 Å². The molecular formula is C21H26N4O3. The number of hydrogen-bond donors (Lipinski definition) is 0. The van der Waals surface area contributed by atoms with Gasteiger partial charge in [0.1, 0.15) is 6.61 Å². The molecule has 1 aromatic carbocycles. The summed E-state index contributed by atoms with van der Waals surface area (Å²) in [5, 5.41) is 4.43. The Kier molecular flexibility index (Phi) is 4.83. The lowest BCUT2D eigenvalue weighted by Crippen LogP contribution is -2.37. The van der Waals surface area contributed by atoms with Crippen LogP contribution in [0.15, 0.2) is 18.2 Å². The predicted molar refractivity (Wildman–Crippen MR) is 105 cm³/mol. The van der Waals surface area contributed by atoms with E-state index in [9.17, 15) is 9.59 Å². The number of aromatic nitrogens is 2. The van der Waals surface area contributed by atoms with Crippen molar-refractivity contribution in [2.45, 2.75) is 39.7 Å². The van der Waals surface area contributed by atoms with Crippen molar-refractivity contribution in [1.29, 1.82) is 0 Å². The predicted octanol–water partition coefficient (Wildman–Crippen LogP) is 2.51. The molecule has 0 aliphatic carbocycles. The molecule has 0 saturated carbocycles. The van der Waals surface area contributed by atoms with Crippen LogP contribution in [0.25, 0.3) is 0 Å². The maximum Gasteiger partial charge on any atom is 0.414 e. The molecule has 2 aliphatic heterocycles. The molecule has 1 aromatic heterocycles. The van der Waals surface area contributed by atoms with Crippen molar-refractivity contribution in [3.8, 4) is 0 Å². The van der Waals surface area contributed by atoms with Gasteiger partial charge in [-0.15, -0.1) is 0 Å². The van der Waals surface area contributed by atoms with Gasteiger partial charge >= 0.3 is 6.09 Å². The number of hydrogen-bond acceptors (Lipinski definition) is 4. The highest BCUT2D eigenvalue weighted by Gasteiger charge is 2.29. The van der Waals surface area contributed by atoms with Gasteiger partial charge in [-0.25, -0.2) is 4.79 Å². The van der Waals surface area contributed by atoms with Gasteiger partial charge in [0.25, 0.3) is 0 Å². The topological polar surface area (TPSA) is 67.7 Å². The number of rotatable bonds is 4. The normalized spacial score (nSPS) is 16.3. The third kappa shape index (κ3) is 3.25. The summed E-state index contributed by atoms with van der Waals surface area (Å²) in [5.74, 6) is 0.166. The maximum atomic E-state index is 12.8. The number of amides is 2. The number of ether oxygens (including phenoxy) is 1. The molecule has 1 fully saturated rings. The van der Waals surface area contributed by atoms with Crippen molar-refractivity contribution >= 4 is 17.7 Å². The van der Waals surface area contributed by atoms with E-state index in [0.29, 0.717) is 39.1 Å². The van der Waals surface area contributed by atoms with Crippen LogP contribution in [0, 0.1) is 13.8 Å². The van der Waals surface area contributed by atoms with Crippen LogP contribution in [0.3, 0.4) is 0 Å². The third-order valence-corrected chi connectivity index (χ3v) is 5.89. The second kappa shape index (κ2) is 7.30. The van der Waals surface area contributed by atoms with Crippen molar-refractivity contribution in [1.82, 2.24) is 14.7 Å². The van der Waals surface area contributed by atoms with Crippen molar-refractivity contribution in [2.75, 3.05) is 24.6 Å². The summed E-state index contributed by atoms with van der Waals surface area (Å²) in [6.07, 6.45) is 1.68. The van der Waals surface area contributed by atoms with Crippen LogP contribution in [-0.2, 0) is 36.0 Å². The van der Waals surface area contributed by atoms with E-state index < -0.39 is 0 Å². The quantitative estimate of drug-likeness (QED) is 0.815. The van der Waals surface area contributed by atoms with Gasteiger partial charge in [0.05, 0.1) is 17.9 Å². The molecule has 0 spiro atoms. The second-order valence-electron chi connectivity index (χ2n) is 7.52. The smallest absolute Gasteiger partial charge is 0.414 e. The van der Waals surface area contributed by atoms with Gasteiger partial charge in [0.2, 0.25) is 5.91 Å². The molecule has 0 N–H and O–H groups in total. The van der Waals surface area contributed by atoms with Crippen LogP contribution in [0.2, 0.25) is 0 Å². The van der Waals surface area contributed by atoms with E-state index in [4.69, 9.17) is 4.74 Å². The molecule has 0 atom stereocenters. The minimum absolute atomic E-state index is 0.166. The Morgan fingerprint density at radius 2 is 2.07 bits per heavy atom. The van der Waals surface area contributed by atoms with Gasteiger partial charge in [-0.2, -0.15) is 5.10 Å². The molecule has 7 heteroatoms. The molecule has 28 heavy (non-hydrogen) atoms. The summed E-state index contributed by atoms with van der Waals surface area (Å²) in [4.78, 5) is 28.4. The summed E-state index contributed by atoms with van der Waals surface area (Å²) < 4.78 is 6.95. The first-order chi connectivity index (χ1) is 13.5. The SMILES string of the molecule is Cc1nn(C)c(C)c1CCC(=O)N1CCc2c(cccc2N2CCOC2=O)C1. The van der Waals surface area contributed by atoms with E-state index in [1.54, 1.807) is 4.90 Å². The lowest BCUT2D eigenvalue weighted by atomic mass is 9.96. The molecule has 2 aromatic rings. The third-order valence-electron chi connectivity index (χ3n) is 5.89. The summed E-state index contributed by atoms with van der Waals surface area (Å²) >= 11 is 0. The minimum Gasteiger partial charge on any atom is -0.447 e. The highest BCUT2D eigenvalue weighted by molar-refractivity contribution is 5.90. The molecule has 7 nitrogen and oxygen atoms in total. The summed E-state index contributed by atoms with van der Waals surface area (Å²) in [5.41, 5.74) is 6.49. The summed E-state index contributed by atoms with van der Waals surface area (Å²) in [7, 11) is 1.93. The lowest BCUT2D eigenvalue weighted by Gasteiger charge is -2.31. The molecule has 3 heterocycles. The number of fused-ring (bicyclic) bond motifs is 1. The Morgan fingerprint density at radius 1 is 1.25 bits per heavy atom. The molecule has 0 unspecified atom stereocenters. The molecule has 4 rings (SSSR count). The van der Waals surface area contributed by atoms with E-state index >= 15 is 0 Å². The monoisotopic (exact) mass is 382 g/mol. The van der Waals surface area contributed by atoms with E-state index in [1.807, 2.05) is 42.6 Å². The van der Waals surface area contributed by atoms with E-state index in [1.165, 1.54) is 5.56 Å². The number of cyclic esters (lactones) is 1. The van der Waals surface area contributed by atoms with Gasteiger partial charge in [-0.05, 0) is 49.4 Å². The van der Waals surface area contributed by atoms with Crippen LogP contribution in [0.4, 0.5) is 10.5 Å². The largest absolute Gasteiger partial charge is 0.447 e. The number of nitrogens with zero attached hydrogens (tertiary/aromatic N) is 4. The Bertz CT molecular complexity index is 934. The van der Waals surface area contributed by atoms with Crippen molar-refractivity contribution < 1.29 is 14.3 Å². The molecule has 1 saturated heterocycles. The van der Waals surface area contributed by atoms with E-state index in [-0.39, 0.29) is 12.0 Å². The Labute approximate surface area is 164 Å². The average molecular weight is 382 g/mol. The van der Waals surface area contributed by atoms with Gasteiger partial charge in [-0.1, -0.05) is 12.1 Å². The lowest BCUT2D eigenvalue weighted by molar-refractivity contribution is -0.132. The van der Waals surface area contributed by atoms with Gasteiger partial charge in [0, 0.05) is 32.3 Å². The fraction of sp³-hybridized carbons (Fsp3) is 0.476. The first-order valence-electron chi connectivity index (χ1n) is 9.77. The zero-order valence-corrected chi connectivity index (χ0v) is 16.7. The Morgan fingerprint density at radius 3 is 2.75 bits per heavy atom. The van der Waals surface area contributed by atoms with Gasteiger partial charge in [-0.3, -0.25) is 14.4 Å². The average Bonchev–Trinajstić information content (AvgIpc) is 3.21. The summed E-state index contributed by atoms with van der Waals surface area (Å²) in [6.45, 7) is 6.32. The fourth-order valence-corrected chi connectivity index (χ4v) is 4.24. The molecule has 2 aliphatic rings. The molecule has 148 valence electrons. The highest BCUT2D eigenvalue weighted by atomic mass is 16.6. The zero-order chi connectivity index (χ0) is 19.8. The number of benzene rings is 1. The molecular weight excluding hydrogens is 356 g/mol. The Hall–Kier alpha value is -2.83. The van der Waals surface area contributed by atoms with Crippen LogP contribution in [0.5, 0.6) is 0 Å². The number of carbonyl (C=O) groups excluding carboxylic acids is 2. The fourth-order valence-electron chi connectivity index (χ4n) is 4.24. The van der Waals surface area contributed by atoms with Gasteiger partial charge < -0.3 is 9.64 Å². The molecule has 0 bridgehead atoms. The van der Waals surface area contributed by atoms with Crippen LogP contribution in [-0.4, -0.2) is 46.4 Å². The highest BCUT2D eigenvalue weighted by Crippen LogP contribution is 2.31. The Balaban J connectivity index is 1.45. The first kappa shape index (κ1) is 18.5. The van der Waals surface area contributed by atoms with Gasteiger partial charge in [0.15, 0.2) is 0 Å². The molecule has 0 radical (unpaired) electrons. The van der Waals surface area contributed by atoms with Crippen LogP contribution >= 0.6 is 0 Å². The molecule has 2 amide bonds. The number of anilines is 1. The minimum atomic E-state index is -0.283. The zero-order valence-electron chi connectivity index (χ0n) is 16.7. The van der Waals surface area contributed by atoms with Crippen molar-refractivity contribution in [3.63, 3.8) is 0 Å². The van der Waals surface area contributed by atoms with E-state index in [0.717, 1.165) is 34.6 Å². The second-order valence-corrected chi connectivity index (χ2v) is 7.52. The van der Waals surface area contributed by atoms with E-state index in [2.05, 4.69) is 11.2 Å². The number of carbonyl (C=O) groups is 2. The maximum absolute atomic E-state index is 12.8. The van der Waals surface area contributed by atoms with Crippen LogP contribution in [0.1, 0.15) is 34.5 Å². The number of aryl methyl sites for hydroxylation is 2. The standard InChI is InChI=1S/C21H26N4O3/c1-14-17(15(2)23(3)22-14)7-8-20(26)24-10-9-18-16(13-24)5-4-6-19(18)25-11-12-28-21(25)27/h4-6H,7-13H2,1-3H3. The van der Waals surface area contributed by atoms with Crippen LogP contribution < -0.4 is 4.90 Å². The van der Waals surface area contributed by atoms with Crippen molar-refractivity contribution in [3.05, 3.63) is 46.3 Å². The first-order valence-corrected chi connectivity index (χ1v) is 9.77.